The van der Waals surface area contributed by atoms with E-state index >= 15 is 0 Å². The summed E-state index contributed by atoms with van der Waals surface area (Å²) in [5, 5.41) is 0. The maximum atomic E-state index is 4.14. The van der Waals surface area contributed by atoms with E-state index in [4.69, 9.17) is 0 Å². The number of nitrogens with zero attached hydrogens (tertiary/aromatic N) is 1. The van der Waals surface area contributed by atoms with Crippen molar-refractivity contribution in [1.29, 1.82) is 0 Å². The number of aromatic nitrogens is 2. The third-order valence-electron chi connectivity index (χ3n) is 2.20. The van der Waals surface area contributed by atoms with Crippen LogP contribution in [0.15, 0.2) is 36.9 Å². The van der Waals surface area contributed by atoms with Crippen LogP contribution in [0.25, 0.3) is 11.1 Å². The van der Waals surface area contributed by atoms with Gasteiger partial charge in [0.25, 0.3) is 0 Å². The average molecular weight is 172 g/mol. The van der Waals surface area contributed by atoms with Gasteiger partial charge in [0.1, 0.15) is 0 Å². The topological polar surface area (TPSA) is 28.7 Å². The molecular formula is C11H12N2. The molecule has 0 amide bonds. The van der Waals surface area contributed by atoms with Crippen LogP contribution in [-0.2, 0) is 6.42 Å². The van der Waals surface area contributed by atoms with E-state index in [0.717, 1.165) is 6.42 Å². The van der Waals surface area contributed by atoms with Gasteiger partial charge in [0.05, 0.1) is 0 Å². The summed E-state index contributed by atoms with van der Waals surface area (Å²) >= 11 is 0. The Kier molecular flexibility index (Phi) is 2.13. The predicted molar refractivity (Wildman–Crippen MR) is 53.4 cm³/mol. The second-order valence-electron chi connectivity index (χ2n) is 2.99. The van der Waals surface area contributed by atoms with Crippen LogP contribution >= 0.6 is 0 Å². The van der Waals surface area contributed by atoms with Crippen LogP contribution in [-0.4, -0.2) is 9.97 Å². The molecule has 0 aliphatic rings. The summed E-state index contributed by atoms with van der Waals surface area (Å²) in [4.78, 5) is 7.19. The quantitative estimate of drug-likeness (QED) is 0.741. The molecule has 0 atom stereocenters. The molecule has 0 saturated carbocycles. The Balaban J connectivity index is 2.51. The third-order valence-corrected chi connectivity index (χ3v) is 2.20. The number of rotatable bonds is 2. The fourth-order valence-electron chi connectivity index (χ4n) is 1.48. The molecule has 2 heterocycles. The second kappa shape index (κ2) is 3.44. The molecule has 1 N–H and O–H groups in total. The summed E-state index contributed by atoms with van der Waals surface area (Å²) < 4.78 is 0. The molecule has 0 saturated heterocycles. The van der Waals surface area contributed by atoms with Crippen molar-refractivity contribution in [2.75, 3.05) is 0 Å². The first-order chi connectivity index (χ1) is 6.42. The van der Waals surface area contributed by atoms with Gasteiger partial charge in [0, 0.05) is 35.9 Å². The van der Waals surface area contributed by atoms with E-state index in [-0.39, 0.29) is 0 Å². The summed E-state index contributed by atoms with van der Waals surface area (Å²) in [6, 6.07) is 4.14. The van der Waals surface area contributed by atoms with E-state index in [1.165, 1.54) is 16.7 Å². The van der Waals surface area contributed by atoms with Crippen molar-refractivity contribution in [2.45, 2.75) is 13.3 Å². The van der Waals surface area contributed by atoms with Gasteiger partial charge >= 0.3 is 0 Å². The molecule has 0 bridgehead atoms. The van der Waals surface area contributed by atoms with Gasteiger partial charge in [-0.25, -0.2) is 0 Å². The van der Waals surface area contributed by atoms with E-state index in [0.29, 0.717) is 0 Å². The number of nitrogens with one attached hydrogen (secondary N) is 1. The van der Waals surface area contributed by atoms with Crippen LogP contribution in [0.4, 0.5) is 0 Å². The first-order valence-electron chi connectivity index (χ1n) is 4.48. The van der Waals surface area contributed by atoms with Gasteiger partial charge in [0.15, 0.2) is 0 Å². The minimum atomic E-state index is 1.04. The highest BCUT2D eigenvalue weighted by atomic mass is 14.6. The number of hydrogen-bond acceptors (Lipinski definition) is 1. The van der Waals surface area contributed by atoms with Crippen molar-refractivity contribution >= 4 is 0 Å². The minimum absolute atomic E-state index is 1.04. The lowest BCUT2D eigenvalue weighted by atomic mass is 10.0. The van der Waals surface area contributed by atoms with Gasteiger partial charge in [-0.3, -0.25) is 4.98 Å². The van der Waals surface area contributed by atoms with Crippen LogP contribution in [0, 0.1) is 0 Å². The highest BCUT2D eigenvalue weighted by Crippen LogP contribution is 2.21. The molecule has 0 radical (unpaired) electrons. The maximum absolute atomic E-state index is 4.14. The van der Waals surface area contributed by atoms with E-state index in [1.807, 2.05) is 24.8 Å². The molecule has 0 spiro atoms. The summed E-state index contributed by atoms with van der Waals surface area (Å²) in [5.41, 5.74) is 3.78. The number of aromatic amines is 1. The van der Waals surface area contributed by atoms with Gasteiger partial charge in [0.2, 0.25) is 0 Å². The zero-order valence-electron chi connectivity index (χ0n) is 7.62. The lowest BCUT2D eigenvalue weighted by Gasteiger charge is -2.03. The van der Waals surface area contributed by atoms with Crippen molar-refractivity contribution in [1.82, 2.24) is 9.97 Å². The van der Waals surface area contributed by atoms with E-state index in [9.17, 15) is 0 Å². The highest BCUT2D eigenvalue weighted by Gasteiger charge is 2.02. The van der Waals surface area contributed by atoms with Crippen LogP contribution in [0.5, 0.6) is 0 Å². The van der Waals surface area contributed by atoms with Crippen LogP contribution in [0.2, 0.25) is 0 Å². The Morgan fingerprint density at radius 2 is 2.31 bits per heavy atom. The van der Waals surface area contributed by atoms with Gasteiger partial charge < -0.3 is 4.98 Å². The van der Waals surface area contributed by atoms with Gasteiger partial charge in [-0.1, -0.05) is 6.92 Å². The monoisotopic (exact) mass is 172 g/mol. The Morgan fingerprint density at radius 1 is 1.38 bits per heavy atom. The molecule has 0 aliphatic carbocycles. The average Bonchev–Trinajstić information content (AvgIpc) is 2.70. The highest BCUT2D eigenvalue weighted by molar-refractivity contribution is 5.65. The summed E-state index contributed by atoms with van der Waals surface area (Å²) in [5.74, 6) is 0. The smallest absolute Gasteiger partial charge is 0.0349 e. The largest absolute Gasteiger partial charge is 0.367 e. The fourth-order valence-corrected chi connectivity index (χ4v) is 1.48. The lowest BCUT2D eigenvalue weighted by molar-refractivity contribution is 1.12. The van der Waals surface area contributed by atoms with Gasteiger partial charge in [-0.15, -0.1) is 0 Å². The number of H-pyrrole nitrogens is 1. The number of aryl methyl sites for hydroxylation is 1. The second-order valence-corrected chi connectivity index (χ2v) is 2.99. The zero-order chi connectivity index (χ0) is 9.10. The molecule has 0 aliphatic heterocycles. The Morgan fingerprint density at radius 3 is 3.00 bits per heavy atom. The molecule has 2 nitrogen and oxygen atoms in total. The van der Waals surface area contributed by atoms with E-state index in [1.54, 1.807) is 0 Å². The number of hydrogen-bond donors (Lipinski definition) is 1. The zero-order valence-corrected chi connectivity index (χ0v) is 7.62. The molecule has 0 aromatic carbocycles. The van der Waals surface area contributed by atoms with Crippen molar-refractivity contribution in [3.8, 4) is 11.1 Å². The summed E-state index contributed by atoms with van der Waals surface area (Å²) in [7, 11) is 0. The molecule has 0 unspecified atom stereocenters. The van der Waals surface area contributed by atoms with E-state index < -0.39 is 0 Å². The van der Waals surface area contributed by atoms with E-state index in [2.05, 4.69) is 29.0 Å². The summed E-state index contributed by atoms with van der Waals surface area (Å²) in [6.45, 7) is 2.16. The SMILES string of the molecule is CCc1ccncc1-c1cc[nH]c1. The third kappa shape index (κ3) is 1.47. The van der Waals surface area contributed by atoms with Crippen LogP contribution in [0.3, 0.4) is 0 Å². The van der Waals surface area contributed by atoms with Crippen molar-refractivity contribution < 1.29 is 0 Å². The molecule has 2 heteroatoms. The normalized spacial score (nSPS) is 10.2. The summed E-state index contributed by atoms with van der Waals surface area (Å²) in [6.07, 6.45) is 8.73. The molecule has 2 aromatic rings. The molecular weight excluding hydrogens is 160 g/mol. The first kappa shape index (κ1) is 8.05. The molecule has 2 aromatic heterocycles. The molecule has 13 heavy (non-hydrogen) atoms. The van der Waals surface area contributed by atoms with Crippen molar-refractivity contribution in [2.24, 2.45) is 0 Å². The van der Waals surface area contributed by atoms with Crippen molar-refractivity contribution in [3.63, 3.8) is 0 Å². The maximum Gasteiger partial charge on any atom is 0.0349 e. The predicted octanol–water partition coefficient (Wildman–Crippen LogP) is 2.64. The molecule has 0 fully saturated rings. The van der Waals surface area contributed by atoms with Crippen LogP contribution < -0.4 is 0 Å². The molecule has 66 valence electrons. The molecule has 2 rings (SSSR count). The van der Waals surface area contributed by atoms with Crippen molar-refractivity contribution in [3.05, 3.63) is 42.5 Å². The van der Waals surface area contributed by atoms with Crippen LogP contribution in [0.1, 0.15) is 12.5 Å². The Hall–Kier alpha value is -1.57. The Labute approximate surface area is 77.6 Å². The minimum Gasteiger partial charge on any atom is -0.367 e. The first-order valence-corrected chi connectivity index (χ1v) is 4.48. The standard InChI is InChI=1S/C11H12N2/c1-2-9-3-5-13-8-11(9)10-4-6-12-7-10/h3-8,12H,2H2,1H3. The lowest BCUT2D eigenvalue weighted by Crippen LogP contribution is -1.86. The Bertz CT molecular complexity index is 377. The van der Waals surface area contributed by atoms with Gasteiger partial charge in [-0.2, -0.15) is 0 Å². The van der Waals surface area contributed by atoms with Gasteiger partial charge in [-0.05, 0) is 24.1 Å². The number of pyridine rings is 1. The fraction of sp³-hybridized carbons (Fsp3) is 0.182.